The molecule has 2 unspecified atom stereocenters. The molecular formula is C9H19B. The summed E-state index contributed by atoms with van der Waals surface area (Å²) in [4.78, 5) is 0. The summed E-state index contributed by atoms with van der Waals surface area (Å²) < 4.78 is 0. The van der Waals surface area contributed by atoms with Gasteiger partial charge in [-0.1, -0.05) is 45.3 Å². The van der Waals surface area contributed by atoms with Crippen LogP contribution in [0.1, 0.15) is 40.0 Å². The van der Waals surface area contributed by atoms with E-state index in [1.807, 2.05) is 0 Å². The van der Waals surface area contributed by atoms with Crippen molar-refractivity contribution in [3.05, 3.63) is 0 Å². The van der Waals surface area contributed by atoms with Crippen LogP contribution >= 0.6 is 0 Å². The van der Waals surface area contributed by atoms with Gasteiger partial charge in [-0.05, 0) is 11.8 Å². The monoisotopic (exact) mass is 138 g/mol. The average Bonchev–Trinajstić information content (AvgIpc) is 2.13. The summed E-state index contributed by atoms with van der Waals surface area (Å²) in [5, 5.41) is 0.666. The largest absolute Gasteiger partial charge is 0.109 e. The molecule has 10 heavy (non-hydrogen) atoms. The highest BCUT2D eigenvalue weighted by Crippen LogP contribution is 2.50. The molecule has 1 aliphatic rings. The van der Waals surface area contributed by atoms with Gasteiger partial charge in [0.15, 0.2) is 0 Å². The molecule has 2 atom stereocenters. The first-order valence-electron chi connectivity index (χ1n) is 4.54. The second-order valence-electron chi connectivity index (χ2n) is 4.66. The number of hydrogen-bond donors (Lipinski definition) is 0. The van der Waals surface area contributed by atoms with Crippen molar-refractivity contribution >= 4 is 7.85 Å². The minimum atomic E-state index is 0.666. The zero-order valence-corrected chi connectivity index (χ0v) is 7.78. The van der Waals surface area contributed by atoms with Gasteiger partial charge in [0, 0.05) is 0 Å². The van der Waals surface area contributed by atoms with Crippen LogP contribution in [0.2, 0.25) is 5.31 Å². The second-order valence-corrected chi connectivity index (χ2v) is 4.66. The topological polar surface area (TPSA) is 0 Å². The highest BCUT2D eigenvalue weighted by molar-refractivity contribution is 6.15. The molecule has 1 heteroatoms. The van der Waals surface area contributed by atoms with E-state index in [1.165, 1.54) is 19.3 Å². The predicted molar refractivity (Wildman–Crippen MR) is 49.1 cm³/mol. The summed E-state index contributed by atoms with van der Waals surface area (Å²) in [7, 11) is 2.45. The normalized spacial score (nSPS) is 41.0. The first-order valence-corrected chi connectivity index (χ1v) is 4.54. The van der Waals surface area contributed by atoms with Crippen LogP contribution in [0, 0.1) is 11.8 Å². The van der Waals surface area contributed by atoms with E-state index in [2.05, 4.69) is 28.6 Å². The maximum atomic E-state index is 2.45. The lowest BCUT2D eigenvalue weighted by Crippen LogP contribution is -2.15. The lowest BCUT2D eigenvalue weighted by atomic mass is 9.60. The molecule has 1 aliphatic carbocycles. The van der Waals surface area contributed by atoms with Gasteiger partial charge in [-0.15, -0.1) is 0 Å². The Morgan fingerprint density at radius 3 is 2.30 bits per heavy atom. The fourth-order valence-corrected chi connectivity index (χ4v) is 2.10. The molecule has 0 aromatic carbocycles. The summed E-state index contributed by atoms with van der Waals surface area (Å²) in [5.41, 5.74) is 0. The van der Waals surface area contributed by atoms with Gasteiger partial charge >= 0.3 is 0 Å². The Bertz CT molecular complexity index is 120. The Morgan fingerprint density at radius 1 is 1.50 bits per heavy atom. The Kier molecular flexibility index (Phi) is 2.12. The van der Waals surface area contributed by atoms with Crippen LogP contribution in [0.3, 0.4) is 0 Å². The van der Waals surface area contributed by atoms with Crippen LogP contribution in [0.15, 0.2) is 0 Å². The van der Waals surface area contributed by atoms with Crippen LogP contribution in [0.4, 0.5) is 0 Å². The fourth-order valence-electron chi connectivity index (χ4n) is 2.10. The van der Waals surface area contributed by atoms with E-state index in [1.54, 1.807) is 0 Å². The van der Waals surface area contributed by atoms with Crippen molar-refractivity contribution in [1.82, 2.24) is 0 Å². The zero-order valence-electron chi connectivity index (χ0n) is 7.78. The molecule has 0 spiro atoms. The van der Waals surface area contributed by atoms with Gasteiger partial charge in [-0.3, -0.25) is 0 Å². The second kappa shape index (κ2) is 2.60. The molecule has 0 aromatic heterocycles. The standard InChI is InChI=1S/C9H19B/c1-7(2)9(10)5-4-8(3)6-9/h7-8H,4-6,10H2,1-3H3. The van der Waals surface area contributed by atoms with Crippen LogP contribution in [0.5, 0.6) is 0 Å². The minimum absolute atomic E-state index is 0.666. The first kappa shape index (κ1) is 8.16. The molecule has 0 saturated heterocycles. The molecular weight excluding hydrogens is 119 g/mol. The molecule has 58 valence electrons. The van der Waals surface area contributed by atoms with E-state index >= 15 is 0 Å². The van der Waals surface area contributed by atoms with Gasteiger partial charge in [0.1, 0.15) is 7.85 Å². The van der Waals surface area contributed by atoms with E-state index in [9.17, 15) is 0 Å². The molecule has 0 amide bonds. The summed E-state index contributed by atoms with van der Waals surface area (Å²) in [5.74, 6) is 1.85. The van der Waals surface area contributed by atoms with Crippen LogP contribution in [-0.4, -0.2) is 7.85 Å². The van der Waals surface area contributed by atoms with E-state index in [4.69, 9.17) is 0 Å². The Labute approximate surface area is 65.8 Å². The van der Waals surface area contributed by atoms with Gasteiger partial charge in [0.25, 0.3) is 0 Å². The Balaban J connectivity index is 2.54. The maximum Gasteiger partial charge on any atom is 0.109 e. The molecule has 1 saturated carbocycles. The smallest absolute Gasteiger partial charge is 0.0629 e. The minimum Gasteiger partial charge on any atom is -0.0629 e. The van der Waals surface area contributed by atoms with Crippen molar-refractivity contribution in [2.45, 2.75) is 45.3 Å². The fraction of sp³-hybridized carbons (Fsp3) is 1.00. The maximum absolute atomic E-state index is 2.45. The average molecular weight is 138 g/mol. The quantitative estimate of drug-likeness (QED) is 0.487. The SMILES string of the molecule is BC1(C(C)C)CCC(C)C1. The predicted octanol–water partition coefficient (Wildman–Crippen LogP) is 2.25. The molecule has 0 bridgehead atoms. The molecule has 0 heterocycles. The van der Waals surface area contributed by atoms with E-state index in [0.29, 0.717) is 5.31 Å². The first-order chi connectivity index (χ1) is 4.54. The van der Waals surface area contributed by atoms with E-state index < -0.39 is 0 Å². The summed E-state index contributed by atoms with van der Waals surface area (Å²) in [6.07, 6.45) is 4.35. The molecule has 0 radical (unpaired) electrons. The highest BCUT2D eigenvalue weighted by atomic mass is 14.4. The summed E-state index contributed by atoms with van der Waals surface area (Å²) in [6, 6.07) is 0. The molecule has 1 rings (SSSR count). The zero-order chi connectivity index (χ0) is 7.78. The van der Waals surface area contributed by atoms with Gasteiger partial charge in [0.05, 0.1) is 0 Å². The Hall–Kier alpha value is 0.0649. The highest BCUT2D eigenvalue weighted by Gasteiger charge is 2.34. The van der Waals surface area contributed by atoms with Crippen molar-refractivity contribution in [2.24, 2.45) is 11.8 Å². The van der Waals surface area contributed by atoms with Gasteiger partial charge < -0.3 is 0 Å². The lowest BCUT2D eigenvalue weighted by molar-refractivity contribution is 0.408. The lowest BCUT2D eigenvalue weighted by Gasteiger charge is -2.28. The van der Waals surface area contributed by atoms with Crippen LogP contribution < -0.4 is 0 Å². The van der Waals surface area contributed by atoms with Crippen molar-refractivity contribution in [1.29, 1.82) is 0 Å². The third kappa shape index (κ3) is 1.38. The van der Waals surface area contributed by atoms with E-state index in [0.717, 1.165) is 11.8 Å². The third-order valence-electron chi connectivity index (χ3n) is 3.42. The Morgan fingerprint density at radius 2 is 2.10 bits per heavy atom. The molecule has 0 nitrogen and oxygen atoms in total. The molecule has 0 aromatic rings. The number of hydrogen-bond acceptors (Lipinski definition) is 0. The van der Waals surface area contributed by atoms with Crippen molar-refractivity contribution in [3.8, 4) is 0 Å². The summed E-state index contributed by atoms with van der Waals surface area (Å²) in [6.45, 7) is 7.10. The number of rotatable bonds is 1. The van der Waals surface area contributed by atoms with Crippen molar-refractivity contribution in [2.75, 3.05) is 0 Å². The van der Waals surface area contributed by atoms with Gasteiger partial charge in [-0.2, -0.15) is 0 Å². The molecule has 0 N–H and O–H groups in total. The van der Waals surface area contributed by atoms with Gasteiger partial charge in [-0.25, -0.2) is 0 Å². The van der Waals surface area contributed by atoms with Crippen LogP contribution in [0.25, 0.3) is 0 Å². The van der Waals surface area contributed by atoms with Crippen LogP contribution in [-0.2, 0) is 0 Å². The van der Waals surface area contributed by atoms with Gasteiger partial charge in [0.2, 0.25) is 0 Å². The molecule has 1 fully saturated rings. The third-order valence-corrected chi connectivity index (χ3v) is 3.42. The summed E-state index contributed by atoms with van der Waals surface area (Å²) >= 11 is 0. The van der Waals surface area contributed by atoms with E-state index in [-0.39, 0.29) is 0 Å². The molecule has 0 aliphatic heterocycles. The van der Waals surface area contributed by atoms with Crippen molar-refractivity contribution in [3.63, 3.8) is 0 Å². The van der Waals surface area contributed by atoms with Crippen molar-refractivity contribution < 1.29 is 0 Å².